The van der Waals surface area contributed by atoms with Crippen LogP contribution in [0.25, 0.3) is 0 Å². The third-order valence-electron chi connectivity index (χ3n) is 6.19. The third-order valence-corrected chi connectivity index (χ3v) is 7.34. The van der Waals surface area contributed by atoms with Gasteiger partial charge in [-0.05, 0) is 30.9 Å². The molecular formula is C25H20N4O7S. The number of benzene rings is 2. The van der Waals surface area contributed by atoms with Crippen molar-refractivity contribution >= 4 is 39.6 Å². The number of hydrogen-bond donors (Lipinski definition) is 1. The largest absolute Gasteiger partial charge is 0.462 e. The van der Waals surface area contributed by atoms with Crippen LogP contribution < -0.4 is 5.32 Å². The van der Waals surface area contributed by atoms with Crippen LogP contribution >= 0.6 is 11.3 Å². The van der Waals surface area contributed by atoms with E-state index in [2.05, 4.69) is 11.4 Å². The van der Waals surface area contributed by atoms with Crippen LogP contribution in [0.15, 0.2) is 48.5 Å². The molecule has 37 heavy (non-hydrogen) atoms. The SMILES string of the molecule is CCOC(=O)c1c(NC(=O)c2cc([N+](=O)[O-])cc([N+](=O)[O-])c2)sc2c1CCC(C#N)(c1ccccc1)C2. The van der Waals surface area contributed by atoms with Gasteiger partial charge in [-0.3, -0.25) is 25.0 Å². The number of nitro benzene ring substituents is 2. The highest BCUT2D eigenvalue weighted by Crippen LogP contribution is 2.45. The van der Waals surface area contributed by atoms with Crippen molar-refractivity contribution in [2.24, 2.45) is 0 Å². The van der Waals surface area contributed by atoms with E-state index in [0.29, 0.717) is 24.8 Å². The Bertz CT molecular complexity index is 1430. The Balaban J connectivity index is 1.75. The fourth-order valence-electron chi connectivity index (χ4n) is 4.40. The maximum absolute atomic E-state index is 13.1. The summed E-state index contributed by atoms with van der Waals surface area (Å²) in [5.41, 5.74) is -0.663. The summed E-state index contributed by atoms with van der Waals surface area (Å²) in [5.74, 6) is -1.50. The van der Waals surface area contributed by atoms with Gasteiger partial charge in [0.2, 0.25) is 0 Å². The molecule has 1 amide bonds. The Kier molecular flexibility index (Phi) is 6.99. The van der Waals surface area contributed by atoms with Crippen LogP contribution in [0.4, 0.5) is 16.4 Å². The second-order valence-electron chi connectivity index (χ2n) is 8.37. The smallest absolute Gasteiger partial charge is 0.341 e. The summed E-state index contributed by atoms with van der Waals surface area (Å²) in [7, 11) is 0. The standard InChI is InChI=1S/C25H20N4O7S/c1-2-36-24(31)21-19-8-9-25(14-26,16-6-4-3-5-7-16)13-20(19)37-23(21)27-22(30)15-10-17(28(32)33)12-18(11-15)29(34)35/h3-7,10-12H,2,8-9,13H2,1H3,(H,27,30). The fourth-order valence-corrected chi connectivity index (χ4v) is 5.75. The maximum Gasteiger partial charge on any atom is 0.341 e. The molecular weight excluding hydrogens is 500 g/mol. The van der Waals surface area contributed by atoms with Gasteiger partial charge in [0.25, 0.3) is 17.3 Å². The predicted molar refractivity (Wildman–Crippen MR) is 134 cm³/mol. The molecule has 0 bridgehead atoms. The lowest BCUT2D eigenvalue weighted by atomic mass is 9.70. The van der Waals surface area contributed by atoms with Crippen molar-refractivity contribution in [2.45, 2.75) is 31.6 Å². The summed E-state index contributed by atoms with van der Waals surface area (Å²) in [6, 6.07) is 14.4. The second kappa shape index (κ2) is 10.2. The summed E-state index contributed by atoms with van der Waals surface area (Å²) in [6.45, 7) is 1.74. The van der Waals surface area contributed by atoms with E-state index < -0.39 is 38.5 Å². The molecule has 0 radical (unpaired) electrons. The number of thiophene rings is 1. The van der Waals surface area contributed by atoms with Gasteiger partial charge in [-0.15, -0.1) is 11.3 Å². The van der Waals surface area contributed by atoms with E-state index in [0.717, 1.165) is 40.0 Å². The number of nitro groups is 2. The first-order chi connectivity index (χ1) is 17.7. The van der Waals surface area contributed by atoms with E-state index in [-0.39, 0.29) is 22.7 Å². The fraction of sp³-hybridized carbons (Fsp3) is 0.240. The highest BCUT2D eigenvalue weighted by Gasteiger charge is 2.40. The summed E-state index contributed by atoms with van der Waals surface area (Å²) in [5, 5.41) is 35.3. The summed E-state index contributed by atoms with van der Waals surface area (Å²) >= 11 is 1.12. The first kappa shape index (κ1) is 25.5. The molecule has 0 aliphatic heterocycles. The van der Waals surface area contributed by atoms with Gasteiger partial charge in [-0.1, -0.05) is 30.3 Å². The van der Waals surface area contributed by atoms with Crippen molar-refractivity contribution in [2.75, 3.05) is 11.9 Å². The Morgan fingerprint density at radius 2 is 1.78 bits per heavy atom. The number of amides is 1. The lowest BCUT2D eigenvalue weighted by Gasteiger charge is -2.31. The van der Waals surface area contributed by atoms with Crippen LogP contribution in [0.2, 0.25) is 0 Å². The summed E-state index contributed by atoms with van der Waals surface area (Å²) < 4.78 is 5.22. The predicted octanol–water partition coefficient (Wildman–Crippen LogP) is 4.94. The van der Waals surface area contributed by atoms with Crippen LogP contribution in [-0.2, 0) is 23.0 Å². The van der Waals surface area contributed by atoms with Gasteiger partial charge in [0, 0.05) is 23.4 Å². The zero-order valence-corrected chi connectivity index (χ0v) is 20.4. The van der Waals surface area contributed by atoms with Crippen molar-refractivity contribution in [1.29, 1.82) is 5.26 Å². The number of fused-ring (bicyclic) bond motifs is 1. The van der Waals surface area contributed by atoms with E-state index in [1.165, 1.54) is 0 Å². The van der Waals surface area contributed by atoms with Gasteiger partial charge in [-0.2, -0.15) is 5.26 Å². The van der Waals surface area contributed by atoms with Crippen LogP contribution in [0, 0.1) is 31.6 Å². The van der Waals surface area contributed by atoms with E-state index in [4.69, 9.17) is 4.74 Å². The number of anilines is 1. The van der Waals surface area contributed by atoms with E-state index in [9.17, 15) is 35.1 Å². The molecule has 4 rings (SSSR count). The van der Waals surface area contributed by atoms with E-state index >= 15 is 0 Å². The molecule has 1 heterocycles. The van der Waals surface area contributed by atoms with Crippen molar-refractivity contribution in [3.63, 3.8) is 0 Å². The van der Waals surface area contributed by atoms with Gasteiger partial charge in [0.05, 0.1) is 45.1 Å². The molecule has 188 valence electrons. The highest BCUT2D eigenvalue weighted by atomic mass is 32.1. The molecule has 0 saturated heterocycles. The molecule has 0 saturated carbocycles. The zero-order chi connectivity index (χ0) is 26.7. The number of nitriles is 1. The minimum Gasteiger partial charge on any atom is -0.462 e. The minimum absolute atomic E-state index is 0.0973. The molecule has 1 aliphatic carbocycles. The Morgan fingerprint density at radius 3 is 2.35 bits per heavy atom. The van der Waals surface area contributed by atoms with Crippen molar-refractivity contribution < 1.29 is 24.2 Å². The van der Waals surface area contributed by atoms with E-state index in [1.54, 1.807) is 6.92 Å². The molecule has 12 heteroatoms. The van der Waals surface area contributed by atoms with Crippen LogP contribution in [-0.4, -0.2) is 28.3 Å². The molecule has 1 unspecified atom stereocenters. The first-order valence-electron chi connectivity index (χ1n) is 11.2. The Hall–Kier alpha value is -4.63. The number of esters is 1. The number of ether oxygens (including phenoxy) is 1. The third kappa shape index (κ3) is 4.89. The second-order valence-corrected chi connectivity index (χ2v) is 9.48. The quantitative estimate of drug-likeness (QED) is 0.260. The highest BCUT2D eigenvalue weighted by molar-refractivity contribution is 7.17. The van der Waals surface area contributed by atoms with Crippen LogP contribution in [0.5, 0.6) is 0 Å². The number of carbonyl (C=O) groups excluding carboxylic acids is 2. The molecule has 0 spiro atoms. The average Bonchev–Trinajstić information content (AvgIpc) is 3.25. The van der Waals surface area contributed by atoms with Gasteiger partial charge in [0.15, 0.2) is 0 Å². The number of nitrogens with one attached hydrogen (secondary N) is 1. The molecule has 1 aliphatic rings. The maximum atomic E-state index is 13.1. The van der Waals surface area contributed by atoms with Gasteiger partial charge < -0.3 is 10.1 Å². The van der Waals surface area contributed by atoms with Crippen LogP contribution in [0.1, 0.15) is 50.1 Å². The molecule has 3 aromatic rings. The normalized spacial score (nSPS) is 16.2. The van der Waals surface area contributed by atoms with Crippen molar-refractivity contribution in [1.82, 2.24) is 0 Å². The van der Waals surface area contributed by atoms with Gasteiger partial charge in [0.1, 0.15) is 5.00 Å². The zero-order valence-electron chi connectivity index (χ0n) is 19.6. The van der Waals surface area contributed by atoms with Crippen molar-refractivity contribution in [3.05, 3.63) is 95.9 Å². The molecule has 1 N–H and O–H groups in total. The van der Waals surface area contributed by atoms with Gasteiger partial charge in [-0.25, -0.2) is 4.79 Å². The van der Waals surface area contributed by atoms with Crippen molar-refractivity contribution in [3.8, 4) is 6.07 Å². The van der Waals surface area contributed by atoms with Crippen LogP contribution in [0.3, 0.4) is 0 Å². The summed E-state index contributed by atoms with van der Waals surface area (Å²) in [4.78, 5) is 47.5. The lowest BCUT2D eigenvalue weighted by molar-refractivity contribution is -0.394. The molecule has 1 aromatic heterocycles. The molecule has 11 nitrogen and oxygen atoms in total. The number of hydrogen-bond acceptors (Lipinski definition) is 9. The average molecular weight is 521 g/mol. The molecule has 2 aromatic carbocycles. The number of non-ortho nitro benzene ring substituents is 2. The van der Waals surface area contributed by atoms with E-state index in [1.807, 2.05) is 30.3 Å². The number of nitrogens with zero attached hydrogens (tertiary/aromatic N) is 3. The Morgan fingerprint density at radius 1 is 1.14 bits per heavy atom. The topological polar surface area (TPSA) is 165 Å². The van der Waals surface area contributed by atoms with Gasteiger partial charge >= 0.3 is 5.97 Å². The Labute approximate surface area is 214 Å². The molecule has 0 fully saturated rings. The monoisotopic (exact) mass is 520 g/mol. The molecule has 1 atom stereocenters. The minimum atomic E-state index is -0.856. The lowest BCUT2D eigenvalue weighted by Crippen LogP contribution is -2.31. The number of rotatable bonds is 7. The first-order valence-corrected chi connectivity index (χ1v) is 12.0. The summed E-state index contributed by atoms with van der Waals surface area (Å²) in [6.07, 6.45) is 1.16. The number of carbonyl (C=O) groups is 2.